The molecule has 1 fully saturated rings. The van der Waals surface area contributed by atoms with Gasteiger partial charge in [-0.25, -0.2) is 0 Å². The first-order valence-electron chi connectivity index (χ1n) is 6.49. The van der Waals surface area contributed by atoms with Gasteiger partial charge >= 0.3 is 6.61 Å². The van der Waals surface area contributed by atoms with Crippen molar-refractivity contribution in [3.8, 4) is 5.75 Å². The van der Waals surface area contributed by atoms with Gasteiger partial charge in [-0.3, -0.25) is 4.90 Å². The molecule has 1 aromatic carbocycles. The molecule has 2 rings (SSSR count). The second kappa shape index (κ2) is 6.99. The third kappa shape index (κ3) is 4.15. The number of aldehydes is 1. The molecule has 110 valence electrons. The molecule has 0 aromatic heterocycles. The summed E-state index contributed by atoms with van der Waals surface area (Å²) in [6.45, 7) is -0.929. The van der Waals surface area contributed by atoms with Crippen LogP contribution in [0.25, 0.3) is 0 Å². The van der Waals surface area contributed by atoms with E-state index in [2.05, 4.69) is 9.64 Å². The van der Waals surface area contributed by atoms with Crippen molar-refractivity contribution in [1.82, 2.24) is 4.90 Å². The summed E-state index contributed by atoms with van der Waals surface area (Å²) in [5, 5.41) is 0.477. The Bertz CT molecular complexity index is 470. The quantitative estimate of drug-likeness (QED) is 0.781. The van der Waals surface area contributed by atoms with Crippen LogP contribution in [0.2, 0.25) is 5.02 Å². The Kier molecular flexibility index (Phi) is 5.31. The molecular weight excluding hydrogens is 288 g/mol. The van der Waals surface area contributed by atoms with Crippen molar-refractivity contribution in [2.75, 3.05) is 13.1 Å². The number of benzene rings is 1. The van der Waals surface area contributed by atoms with Gasteiger partial charge in [-0.05, 0) is 37.6 Å². The smallest absolute Gasteiger partial charge is 0.387 e. The minimum Gasteiger partial charge on any atom is -0.434 e. The van der Waals surface area contributed by atoms with Crippen LogP contribution < -0.4 is 4.74 Å². The van der Waals surface area contributed by atoms with Gasteiger partial charge < -0.3 is 9.53 Å². The third-order valence-corrected chi connectivity index (χ3v) is 3.60. The Morgan fingerprint density at radius 2 is 2.30 bits per heavy atom. The molecule has 1 unspecified atom stereocenters. The molecule has 20 heavy (non-hydrogen) atoms. The van der Waals surface area contributed by atoms with Gasteiger partial charge in [-0.15, -0.1) is 0 Å². The molecule has 1 aromatic rings. The predicted octanol–water partition coefficient (Wildman–Crippen LogP) is 3.35. The topological polar surface area (TPSA) is 29.5 Å². The average molecular weight is 304 g/mol. The van der Waals surface area contributed by atoms with E-state index in [-0.39, 0.29) is 11.7 Å². The van der Waals surface area contributed by atoms with E-state index in [4.69, 9.17) is 11.6 Å². The minimum absolute atomic E-state index is 0.0161. The number of piperidine rings is 1. The molecule has 6 heteroatoms. The number of likely N-dealkylation sites (tertiary alicyclic amines) is 1. The lowest BCUT2D eigenvalue weighted by atomic mass is 9.99. The van der Waals surface area contributed by atoms with Crippen LogP contribution in [0.15, 0.2) is 18.2 Å². The number of nitrogens with zero attached hydrogens (tertiary/aromatic N) is 1. The number of halogens is 3. The maximum atomic E-state index is 12.4. The molecule has 0 spiro atoms. The zero-order chi connectivity index (χ0) is 14.5. The minimum atomic E-state index is -2.86. The number of alkyl halides is 2. The van der Waals surface area contributed by atoms with Crippen LogP contribution in [-0.4, -0.2) is 30.9 Å². The molecule has 0 bridgehead atoms. The molecule has 0 N–H and O–H groups in total. The first-order valence-corrected chi connectivity index (χ1v) is 6.87. The molecule has 1 aliphatic rings. The third-order valence-electron chi connectivity index (χ3n) is 3.37. The maximum absolute atomic E-state index is 12.4. The Morgan fingerprint density at radius 3 is 3.00 bits per heavy atom. The van der Waals surface area contributed by atoms with Crippen molar-refractivity contribution >= 4 is 17.9 Å². The zero-order valence-electron chi connectivity index (χ0n) is 10.9. The Balaban J connectivity index is 2.10. The molecule has 1 heterocycles. The monoisotopic (exact) mass is 303 g/mol. The Hall–Kier alpha value is -1.20. The van der Waals surface area contributed by atoms with Gasteiger partial charge in [0.2, 0.25) is 0 Å². The van der Waals surface area contributed by atoms with Crippen molar-refractivity contribution in [1.29, 1.82) is 0 Å². The Morgan fingerprint density at radius 1 is 1.50 bits per heavy atom. The van der Waals surface area contributed by atoms with Gasteiger partial charge in [0.05, 0.1) is 0 Å². The summed E-state index contributed by atoms with van der Waals surface area (Å²) in [5.41, 5.74) is 0.615. The molecule has 1 saturated heterocycles. The van der Waals surface area contributed by atoms with Crippen LogP contribution in [0.5, 0.6) is 5.75 Å². The van der Waals surface area contributed by atoms with Gasteiger partial charge in [-0.1, -0.05) is 11.6 Å². The fourth-order valence-corrected chi connectivity index (χ4v) is 2.66. The number of carbonyl (C=O) groups is 1. The summed E-state index contributed by atoms with van der Waals surface area (Å²) in [5.74, 6) is 0.153. The van der Waals surface area contributed by atoms with Crippen molar-refractivity contribution in [3.63, 3.8) is 0 Å². The molecule has 1 aliphatic heterocycles. The Labute approximate surface area is 121 Å². The lowest BCUT2D eigenvalue weighted by Crippen LogP contribution is -2.35. The number of hydrogen-bond donors (Lipinski definition) is 0. The first-order chi connectivity index (χ1) is 9.58. The highest BCUT2D eigenvalue weighted by molar-refractivity contribution is 6.30. The van der Waals surface area contributed by atoms with Crippen LogP contribution >= 0.6 is 11.6 Å². The van der Waals surface area contributed by atoms with E-state index in [1.54, 1.807) is 6.07 Å². The van der Waals surface area contributed by atoms with Gasteiger partial charge in [0.25, 0.3) is 0 Å². The standard InChI is InChI=1S/C14H16ClF2NO2/c15-12-3-4-13(20-14(16)17)11(6-12)8-18-5-1-2-10(7-18)9-19/h3-4,6,9-10,14H,1-2,5,7-8H2. The summed E-state index contributed by atoms with van der Waals surface area (Å²) >= 11 is 5.91. The van der Waals surface area contributed by atoms with Crippen molar-refractivity contribution in [2.24, 2.45) is 5.92 Å². The zero-order valence-corrected chi connectivity index (χ0v) is 11.7. The van der Waals surface area contributed by atoms with E-state index in [1.807, 2.05) is 0 Å². The van der Waals surface area contributed by atoms with Crippen molar-refractivity contribution in [3.05, 3.63) is 28.8 Å². The highest BCUT2D eigenvalue weighted by Gasteiger charge is 2.21. The van der Waals surface area contributed by atoms with Crippen LogP contribution in [0.1, 0.15) is 18.4 Å². The van der Waals surface area contributed by atoms with E-state index in [0.717, 1.165) is 25.7 Å². The normalized spacial score (nSPS) is 20.1. The highest BCUT2D eigenvalue weighted by Crippen LogP contribution is 2.27. The molecule has 0 saturated carbocycles. The number of ether oxygens (including phenoxy) is 1. The second-order valence-corrected chi connectivity index (χ2v) is 5.34. The average Bonchev–Trinajstić information content (AvgIpc) is 2.42. The maximum Gasteiger partial charge on any atom is 0.387 e. The van der Waals surface area contributed by atoms with Crippen LogP contribution in [-0.2, 0) is 11.3 Å². The van der Waals surface area contributed by atoms with E-state index < -0.39 is 6.61 Å². The molecule has 3 nitrogen and oxygen atoms in total. The molecule has 0 aliphatic carbocycles. The second-order valence-electron chi connectivity index (χ2n) is 4.90. The van der Waals surface area contributed by atoms with Gasteiger partial charge in [-0.2, -0.15) is 8.78 Å². The van der Waals surface area contributed by atoms with Gasteiger partial charge in [0, 0.05) is 29.6 Å². The lowest BCUT2D eigenvalue weighted by molar-refractivity contribution is -0.112. The van der Waals surface area contributed by atoms with Gasteiger partial charge in [0.15, 0.2) is 0 Å². The molecule has 1 atom stereocenters. The van der Waals surface area contributed by atoms with E-state index in [0.29, 0.717) is 23.7 Å². The summed E-state index contributed by atoms with van der Waals surface area (Å²) in [6.07, 6.45) is 2.77. The van der Waals surface area contributed by atoms with E-state index in [1.165, 1.54) is 12.1 Å². The van der Waals surface area contributed by atoms with E-state index in [9.17, 15) is 13.6 Å². The van der Waals surface area contributed by atoms with Crippen molar-refractivity contribution < 1.29 is 18.3 Å². The lowest BCUT2D eigenvalue weighted by Gasteiger charge is -2.30. The SMILES string of the molecule is O=CC1CCCN(Cc2cc(Cl)ccc2OC(F)F)C1. The fourth-order valence-electron chi connectivity index (χ4n) is 2.47. The summed E-state index contributed by atoms with van der Waals surface area (Å²) in [6, 6.07) is 4.60. The number of rotatable bonds is 5. The number of carbonyl (C=O) groups excluding carboxylic acids is 1. The number of hydrogen-bond acceptors (Lipinski definition) is 3. The first kappa shape index (κ1) is 15.2. The largest absolute Gasteiger partial charge is 0.434 e. The predicted molar refractivity (Wildman–Crippen MR) is 72.1 cm³/mol. The van der Waals surface area contributed by atoms with Crippen molar-refractivity contribution in [2.45, 2.75) is 26.0 Å². The van der Waals surface area contributed by atoms with Crippen LogP contribution in [0, 0.1) is 5.92 Å². The summed E-state index contributed by atoms with van der Waals surface area (Å²) in [4.78, 5) is 12.9. The fraction of sp³-hybridized carbons (Fsp3) is 0.500. The molecule has 0 radical (unpaired) electrons. The van der Waals surface area contributed by atoms with Gasteiger partial charge in [0.1, 0.15) is 12.0 Å². The highest BCUT2D eigenvalue weighted by atomic mass is 35.5. The van der Waals surface area contributed by atoms with Crippen LogP contribution in [0.3, 0.4) is 0 Å². The van der Waals surface area contributed by atoms with E-state index >= 15 is 0 Å². The summed E-state index contributed by atoms with van der Waals surface area (Å²) < 4.78 is 29.3. The van der Waals surface area contributed by atoms with Crippen LogP contribution in [0.4, 0.5) is 8.78 Å². The summed E-state index contributed by atoms with van der Waals surface area (Å²) in [7, 11) is 0. The molecular formula is C14H16ClF2NO2. The molecule has 0 amide bonds.